The molecule has 110 valence electrons. The number of rotatable bonds is 5. The van der Waals surface area contributed by atoms with Gasteiger partial charge < -0.3 is 11.5 Å². The second kappa shape index (κ2) is 5.25. The van der Waals surface area contributed by atoms with E-state index in [1.807, 2.05) is 0 Å². The molecule has 0 saturated heterocycles. The van der Waals surface area contributed by atoms with Crippen LogP contribution in [0.1, 0.15) is 18.4 Å². The van der Waals surface area contributed by atoms with Crippen LogP contribution in [0.3, 0.4) is 0 Å². The van der Waals surface area contributed by atoms with Gasteiger partial charge in [-0.25, -0.2) is 4.98 Å². The van der Waals surface area contributed by atoms with Crippen molar-refractivity contribution in [3.8, 4) is 0 Å². The Labute approximate surface area is 118 Å². The molecule has 8 heteroatoms. The maximum atomic E-state index is 12.4. The Morgan fingerprint density at radius 3 is 2.45 bits per heavy atom. The summed E-state index contributed by atoms with van der Waals surface area (Å²) in [7, 11) is 0. The molecule has 0 aliphatic heterocycles. The fourth-order valence-electron chi connectivity index (χ4n) is 1.82. The highest BCUT2D eigenvalue weighted by Crippen LogP contribution is 2.40. The van der Waals surface area contributed by atoms with Crippen molar-refractivity contribution in [2.24, 2.45) is 17.4 Å². The number of amides is 1. The Morgan fingerprint density at radius 1 is 1.40 bits per heavy atom. The quantitative estimate of drug-likeness (QED) is 0.813. The predicted octanol–water partition coefficient (Wildman–Crippen LogP) is 1.79. The molecule has 1 amide bonds. The van der Waals surface area contributed by atoms with Gasteiger partial charge in [0.1, 0.15) is 5.54 Å². The number of hydrogen-bond acceptors (Lipinski definition) is 4. The van der Waals surface area contributed by atoms with E-state index in [9.17, 15) is 18.0 Å². The van der Waals surface area contributed by atoms with Crippen molar-refractivity contribution in [3.63, 3.8) is 0 Å². The number of nitrogens with two attached hydrogens (primary N) is 2. The van der Waals surface area contributed by atoms with Crippen LogP contribution in [-0.4, -0.2) is 22.2 Å². The Morgan fingerprint density at radius 2 is 2.05 bits per heavy atom. The molecule has 1 aliphatic carbocycles. The minimum Gasteiger partial charge on any atom is -0.368 e. The Kier molecular flexibility index (Phi) is 3.97. The SMILES string of the molecule is NC(=O)C(N)(CSc1ccc(C(F)(F)F)cn1)C1CC1. The van der Waals surface area contributed by atoms with Crippen molar-refractivity contribution < 1.29 is 18.0 Å². The zero-order valence-corrected chi connectivity index (χ0v) is 11.3. The summed E-state index contributed by atoms with van der Waals surface area (Å²) in [4.78, 5) is 15.1. The molecule has 1 unspecified atom stereocenters. The third kappa shape index (κ3) is 3.24. The average Bonchev–Trinajstić information content (AvgIpc) is 3.19. The van der Waals surface area contributed by atoms with Crippen molar-refractivity contribution in [2.45, 2.75) is 29.6 Å². The van der Waals surface area contributed by atoms with Gasteiger partial charge in [0.15, 0.2) is 0 Å². The Balaban J connectivity index is 2.02. The molecule has 1 aromatic rings. The number of halogens is 3. The lowest BCUT2D eigenvalue weighted by Crippen LogP contribution is -2.56. The number of nitrogens with zero attached hydrogens (tertiary/aromatic N) is 1. The van der Waals surface area contributed by atoms with Crippen LogP contribution in [0, 0.1) is 5.92 Å². The van der Waals surface area contributed by atoms with E-state index < -0.39 is 23.2 Å². The number of carbonyl (C=O) groups is 1. The molecule has 0 radical (unpaired) electrons. The molecule has 1 saturated carbocycles. The zero-order chi connectivity index (χ0) is 15.0. The summed E-state index contributed by atoms with van der Waals surface area (Å²) in [6, 6.07) is 2.22. The first-order chi connectivity index (χ1) is 9.23. The highest BCUT2D eigenvalue weighted by Gasteiger charge is 2.46. The smallest absolute Gasteiger partial charge is 0.368 e. The zero-order valence-electron chi connectivity index (χ0n) is 10.5. The second-order valence-electron chi connectivity index (χ2n) is 4.85. The van der Waals surface area contributed by atoms with Gasteiger partial charge in [-0.1, -0.05) is 0 Å². The minimum atomic E-state index is -4.41. The molecule has 20 heavy (non-hydrogen) atoms. The summed E-state index contributed by atoms with van der Waals surface area (Å²) in [6.07, 6.45) is -1.95. The van der Waals surface area contributed by atoms with Gasteiger partial charge in [0.25, 0.3) is 0 Å². The molecule has 1 heterocycles. The van der Waals surface area contributed by atoms with E-state index in [0.29, 0.717) is 5.03 Å². The van der Waals surface area contributed by atoms with E-state index in [0.717, 1.165) is 36.9 Å². The Hall–Kier alpha value is -1.28. The lowest BCUT2D eigenvalue weighted by molar-refractivity contribution is -0.137. The minimum absolute atomic E-state index is 0.0574. The molecular formula is C12H14F3N3OS. The van der Waals surface area contributed by atoms with Crippen LogP contribution >= 0.6 is 11.8 Å². The van der Waals surface area contributed by atoms with Crippen molar-refractivity contribution in [1.82, 2.24) is 4.98 Å². The van der Waals surface area contributed by atoms with Crippen molar-refractivity contribution in [1.29, 1.82) is 0 Å². The maximum Gasteiger partial charge on any atom is 0.417 e. The molecule has 1 aromatic heterocycles. The molecule has 1 fully saturated rings. The summed E-state index contributed by atoms with van der Waals surface area (Å²) in [5.74, 6) is -0.313. The highest BCUT2D eigenvalue weighted by atomic mass is 32.2. The van der Waals surface area contributed by atoms with Crippen LogP contribution in [0.4, 0.5) is 13.2 Å². The van der Waals surface area contributed by atoms with Crippen molar-refractivity contribution in [3.05, 3.63) is 23.9 Å². The summed E-state index contributed by atoms with van der Waals surface area (Å²) in [5, 5.41) is 0.384. The van der Waals surface area contributed by atoms with Gasteiger partial charge in [-0.2, -0.15) is 13.2 Å². The lowest BCUT2D eigenvalue weighted by atomic mass is 9.96. The summed E-state index contributed by atoms with van der Waals surface area (Å²) in [5.41, 5.74) is 9.38. The fourth-order valence-corrected chi connectivity index (χ4v) is 2.87. The second-order valence-corrected chi connectivity index (χ2v) is 5.85. The van der Waals surface area contributed by atoms with Crippen molar-refractivity contribution in [2.75, 3.05) is 5.75 Å². The number of carbonyl (C=O) groups excluding carboxylic acids is 1. The predicted molar refractivity (Wildman–Crippen MR) is 68.8 cm³/mol. The van der Waals surface area contributed by atoms with Crippen LogP contribution in [0.5, 0.6) is 0 Å². The molecule has 0 bridgehead atoms. The number of pyridine rings is 1. The molecule has 4 N–H and O–H groups in total. The fraction of sp³-hybridized carbons (Fsp3) is 0.500. The van der Waals surface area contributed by atoms with Gasteiger partial charge in [0.05, 0.1) is 10.6 Å². The molecule has 4 nitrogen and oxygen atoms in total. The number of alkyl halides is 3. The lowest BCUT2D eigenvalue weighted by Gasteiger charge is -2.25. The molecule has 1 aliphatic rings. The van der Waals surface area contributed by atoms with Gasteiger partial charge >= 0.3 is 6.18 Å². The van der Waals surface area contributed by atoms with Gasteiger partial charge in [-0.3, -0.25) is 4.79 Å². The standard InChI is InChI=1S/C12H14F3N3OS/c13-12(14,15)8-3-4-9(18-5-8)20-6-11(17,10(16)19)7-1-2-7/h3-5,7H,1-2,6,17H2,(H2,16,19). The number of thioether (sulfide) groups is 1. The van der Waals surface area contributed by atoms with E-state index in [2.05, 4.69) is 4.98 Å². The topological polar surface area (TPSA) is 82.0 Å². The summed E-state index contributed by atoms with van der Waals surface area (Å²) < 4.78 is 37.2. The van der Waals surface area contributed by atoms with E-state index in [4.69, 9.17) is 11.5 Å². The van der Waals surface area contributed by atoms with Crippen LogP contribution in [0.2, 0.25) is 0 Å². The van der Waals surface area contributed by atoms with Gasteiger partial charge in [-0.15, -0.1) is 11.8 Å². The normalized spacial score (nSPS) is 18.6. The van der Waals surface area contributed by atoms with E-state index in [1.54, 1.807) is 0 Å². The van der Waals surface area contributed by atoms with Gasteiger partial charge in [0, 0.05) is 11.9 Å². The number of primary amides is 1. The van der Waals surface area contributed by atoms with Crippen LogP contribution < -0.4 is 11.5 Å². The summed E-state index contributed by atoms with van der Waals surface area (Å²) >= 11 is 1.14. The van der Waals surface area contributed by atoms with Crippen LogP contribution in [-0.2, 0) is 11.0 Å². The first-order valence-electron chi connectivity index (χ1n) is 5.98. The van der Waals surface area contributed by atoms with Gasteiger partial charge in [0.2, 0.25) is 5.91 Å². The van der Waals surface area contributed by atoms with Crippen LogP contribution in [0.25, 0.3) is 0 Å². The first kappa shape index (κ1) is 15.1. The average molecular weight is 305 g/mol. The monoisotopic (exact) mass is 305 g/mol. The first-order valence-corrected chi connectivity index (χ1v) is 6.97. The highest BCUT2D eigenvalue weighted by molar-refractivity contribution is 7.99. The molecule has 1 atom stereocenters. The van der Waals surface area contributed by atoms with Gasteiger partial charge in [-0.05, 0) is 30.9 Å². The number of hydrogen-bond donors (Lipinski definition) is 2. The number of aromatic nitrogens is 1. The van der Waals surface area contributed by atoms with Crippen molar-refractivity contribution >= 4 is 17.7 Å². The molecule has 0 aromatic carbocycles. The van der Waals surface area contributed by atoms with E-state index in [1.165, 1.54) is 6.07 Å². The summed E-state index contributed by atoms with van der Waals surface area (Å²) in [6.45, 7) is 0. The van der Waals surface area contributed by atoms with E-state index >= 15 is 0 Å². The Bertz CT molecular complexity index is 502. The molecule has 2 rings (SSSR count). The third-order valence-electron chi connectivity index (χ3n) is 3.29. The maximum absolute atomic E-state index is 12.4. The van der Waals surface area contributed by atoms with Crippen LogP contribution in [0.15, 0.2) is 23.4 Å². The van der Waals surface area contributed by atoms with E-state index in [-0.39, 0.29) is 11.7 Å². The molecule has 0 spiro atoms. The molecular weight excluding hydrogens is 291 g/mol. The largest absolute Gasteiger partial charge is 0.417 e. The third-order valence-corrected chi connectivity index (χ3v) is 4.45.